The Hall–Kier alpha value is -2.28. The van der Waals surface area contributed by atoms with Crippen LogP contribution in [-0.4, -0.2) is 27.2 Å². The summed E-state index contributed by atoms with van der Waals surface area (Å²) in [5.41, 5.74) is 3.41. The topological polar surface area (TPSA) is 73.9 Å². The number of pyridine rings is 1. The maximum absolute atomic E-state index is 5.25. The van der Waals surface area contributed by atoms with E-state index in [0.29, 0.717) is 17.6 Å². The third kappa shape index (κ3) is 2.19. The molecule has 3 rings (SSSR count). The van der Waals surface area contributed by atoms with Crippen LogP contribution in [0, 0.1) is 6.92 Å². The van der Waals surface area contributed by atoms with Crippen molar-refractivity contribution in [1.82, 2.24) is 20.1 Å². The molecule has 0 saturated heterocycles. The van der Waals surface area contributed by atoms with E-state index < -0.39 is 0 Å². The molecule has 0 atom stereocenters. The number of rotatable bonds is 3. The second-order valence-corrected chi connectivity index (χ2v) is 4.63. The Bertz CT molecular complexity index is 690. The zero-order chi connectivity index (χ0) is 13.2. The van der Waals surface area contributed by atoms with Crippen molar-refractivity contribution in [2.45, 2.75) is 6.92 Å². The number of hydrogen-bond donors (Lipinski definition) is 0. The summed E-state index contributed by atoms with van der Waals surface area (Å²) >= 11 is 1.47. The van der Waals surface area contributed by atoms with Crippen LogP contribution in [0.3, 0.4) is 0 Å². The van der Waals surface area contributed by atoms with Gasteiger partial charge in [0.15, 0.2) is 0 Å². The van der Waals surface area contributed by atoms with Crippen molar-refractivity contribution in [1.29, 1.82) is 0 Å². The molecule has 96 valence electrons. The molecule has 19 heavy (non-hydrogen) atoms. The van der Waals surface area contributed by atoms with E-state index in [9.17, 15) is 0 Å². The maximum atomic E-state index is 5.25. The van der Waals surface area contributed by atoms with E-state index in [-0.39, 0.29) is 0 Å². The normalized spacial score (nSPS) is 10.6. The first-order chi connectivity index (χ1) is 9.28. The molecular formula is C12H10N4O2S. The molecule has 3 aromatic rings. The first-order valence-electron chi connectivity index (χ1n) is 5.52. The van der Waals surface area contributed by atoms with Gasteiger partial charge in [-0.2, -0.15) is 4.98 Å². The Kier molecular flexibility index (Phi) is 2.96. The lowest BCUT2D eigenvalue weighted by Gasteiger charge is -1.97. The van der Waals surface area contributed by atoms with Crippen LogP contribution in [-0.2, 0) is 0 Å². The lowest BCUT2D eigenvalue weighted by Crippen LogP contribution is -1.88. The molecule has 0 saturated carbocycles. The van der Waals surface area contributed by atoms with Gasteiger partial charge in [0.25, 0.3) is 5.89 Å². The lowest BCUT2D eigenvalue weighted by atomic mass is 10.3. The van der Waals surface area contributed by atoms with Gasteiger partial charge in [-0.05, 0) is 13.0 Å². The largest absolute Gasteiger partial charge is 0.481 e. The minimum atomic E-state index is 0.478. The Morgan fingerprint density at radius 3 is 2.79 bits per heavy atom. The predicted octanol–water partition coefficient (Wildman–Crippen LogP) is 2.57. The highest BCUT2D eigenvalue weighted by molar-refractivity contribution is 7.13. The Morgan fingerprint density at radius 2 is 2.16 bits per heavy atom. The minimum absolute atomic E-state index is 0.478. The first-order valence-corrected chi connectivity index (χ1v) is 6.40. The van der Waals surface area contributed by atoms with Crippen molar-refractivity contribution >= 4 is 11.3 Å². The molecule has 0 radical (unpaired) electrons. The van der Waals surface area contributed by atoms with Crippen molar-refractivity contribution in [3.63, 3.8) is 0 Å². The maximum Gasteiger partial charge on any atom is 0.270 e. The fourth-order valence-electron chi connectivity index (χ4n) is 1.57. The van der Waals surface area contributed by atoms with E-state index in [0.717, 1.165) is 16.1 Å². The van der Waals surface area contributed by atoms with Crippen LogP contribution in [0.5, 0.6) is 5.88 Å². The quantitative estimate of drug-likeness (QED) is 0.730. The summed E-state index contributed by atoms with van der Waals surface area (Å²) < 4.78 is 10.3. The Morgan fingerprint density at radius 1 is 1.26 bits per heavy atom. The van der Waals surface area contributed by atoms with Gasteiger partial charge in [0.05, 0.1) is 18.3 Å². The molecule has 0 aliphatic carbocycles. The first kappa shape index (κ1) is 11.8. The van der Waals surface area contributed by atoms with E-state index >= 15 is 0 Å². The SMILES string of the molecule is COc1ccc(-c2noc(-c3scnc3C)n2)cn1. The molecule has 0 N–H and O–H groups in total. The number of thiazole rings is 1. The summed E-state index contributed by atoms with van der Waals surface area (Å²) in [6.45, 7) is 1.91. The summed E-state index contributed by atoms with van der Waals surface area (Å²) in [6.07, 6.45) is 1.65. The number of ether oxygens (including phenoxy) is 1. The molecule has 6 nitrogen and oxygen atoms in total. The molecule has 0 bridgehead atoms. The van der Waals surface area contributed by atoms with Gasteiger partial charge in [0.1, 0.15) is 4.88 Å². The number of methoxy groups -OCH3 is 1. The van der Waals surface area contributed by atoms with Crippen LogP contribution in [0.4, 0.5) is 0 Å². The highest BCUT2D eigenvalue weighted by Gasteiger charge is 2.14. The van der Waals surface area contributed by atoms with Crippen molar-refractivity contribution < 1.29 is 9.26 Å². The van der Waals surface area contributed by atoms with Gasteiger partial charge in [-0.15, -0.1) is 11.3 Å². The zero-order valence-electron chi connectivity index (χ0n) is 10.3. The molecule has 3 heterocycles. The average Bonchev–Trinajstić information content (AvgIpc) is 3.07. The second kappa shape index (κ2) is 4.77. The summed E-state index contributed by atoms with van der Waals surface area (Å²) in [5, 5.41) is 3.95. The third-order valence-corrected chi connectivity index (χ3v) is 3.49. The Balaban J connectivity index is 1.94. The van der Waals surface area contributed by atoms with Gasteiger partial charge in [-0.25, -0.2) is 9.97 Å². The van der Waals surface area contributed by atoms with Crippen LogP contribution < -0.4 is 4.74 Å². The van der Waals surface area contributed by atoms with Crippen molar-refractivity contribution in [3.8, 4) is 28.0 Å². The average molecular weight is 274 g/mol. The fraction of sp³-hybridized carbons (Fsp3) is 0.167. The molecule has 0 amide bonds. The van der Waals surface area contributed by atoms with Crippen LogP contribution in [0.25, 0.3) is 22.2 Å². The predicted molar refractivity (Wildman–Crippen MR) is 69.9 cm³/mol. The van der Waals surface area contributed by atoms with Crippen molar-refractivity contribution in [2.75, 3.05) is 7.11 Å². The molecule has 0 unspecified atom stereocenters. The van der Waals surface area contributed by atoms with Crippen molar-refractivity contribution in [2.24, 2.45) is 0 Å². The van der Waals surface area contributed by atoms with Gasteiger partial charge in [0.2, 0.25) is 11.7 Å². The number of aromatic nitrogens is 4. The molecule has 0 aliphatic heterocycles. The van der Waals surface area contributed by atoms with Crippen molar-refractivity contribution in [3.05, 3.63) is 29.5 Å². The van der Waals surface area contributed by atoms with E-state index in [2.05, 4.69) is 20.1 Å². The van der Waals surface area contributed by atoms with Crippen LogP contribution >= 0.6 is 11.3 Å². The molecule has 0 fully saturated rings. The summed E-state index contributed by atoms with van der Waals surface area (Å²) in [6, 6.07) is 3.59. The third-order valence-electron chi connectivity index (χ3n) is 2.57. The summed E-state index contributed by atoms with van der Waals surface area (Å²) in [4.78, 5) is 13.5. The minimum Gasteiger partial charge on any atom is -0.481 e. The smallest absolute Gasteiger partial charge is 0.270 e. The second-order valence-electron chi connectivity index (χ2n) is 3.78. The standard InChI is InChI=1S/C12H10N4O2S/c1-7-10(19-6-14-7)12-15-11(16-18-12)8-3-4-9(17-2)13-5-8/h3-6H,1-2H3. The van der Waals surface area contributed by atoms with E-state index in [1.807, 2.05) is 13.0 Å². The molecule has 7 heteroatoms. The van der Waals surface area contributed by atoms with Crippen LogP contribution in [0.15, 0.2) is 28.4 Å². The Labute approximate surface area is 113 Å². The zero-order valence-corrected chi connectivity index (χ0v) is 11.1. The lowest BCUT2D eigenvalue weighted by molar-refractivity contribution is 0.398. The number of aryl methyl sites for hydroxylation is 1. The van der Waals surface area contributed by atoms with Gasteiger partial charge in [-0.3, -0.25) is 0 Å². The molecule has 0 spiro atoms. The molecular weight excluding hydrogens is 264 g/mol. The summed E-state index contributed by atoms with van der Waals surface area (Å²) in [7, 11) is 1.57. The summed E-state index contributed by atoms with van der Waals surface area (Å²) in [5.74, 6) is 1.52. The highest BCUT2D eigenvalue weighted by Crippen LogP contribution is 2.27. The van der Waals surface area contributed by atoms with Crippen LogP contribution in [0.1, 0.15) is 5.69 Å². The van der Waals surface area contributed by atoms with Gasteiger partial charge >= 0.3 is 0 Å². The molecule has 0 aromatic carbocycles. The van der Waals surface area contributed by atoms with Gasteiger partial charge < -0.3 is 9.26 Å². The van der Waals surface area contributed by atoms with E-state index in [1.165, 1.54) is 11.3 Å². The van der Waals surface area contributed by atoms with E-state index in [1.54, 1.807) is 24.9 Å². The molecule has 3 aromatic heterocycles. The van der Waals surface area contributed by atoms with Gasteiger partial charge in [0, 0.05) is 17.8 Å². The van der Waals surface area contributed by atoms with E-state index in [4.69, 9.17) is 9.26 Å². The number of hydrogen-bond acceptors (Lipinski definition) is 7. The fourth-order valence-corrected chi connectivity index (χ4v) is 2.30. The highest BCUT2D eigenvalue weighted by atomic mass is 32.1. The monoisotopic (exact) mass is 274 g/mol. The van der Waals surface area contributed by atoms with Crippen LogP contribution in [0.2, 0.25) is 0 Å². The number of nitrogens with zero attached hydrogens (tertiary/aromatic N) is 4. The molecule has 0 aliphatic rings. The van der Waals surface area contributed by atoms with Gasteiger partial charge in [-0.1, -0.05) is 5.16 Å².